The number of esters is 1. The first-order valence-corrected chi connectivity index (χ1v) is 9.17. The molecule has 7 heteroatoms. The summed E-state index contributed by atoms with van der Waals surface area (Å²) >= 11 is 0. The largest absolute Gasteiger partial charge is 0.493 e. The van der Waals surface area contributed by atoms with Gasteiger partial charge in [-0.05, 0) is 29.3 Å². The second kappa shape index (κ2) is 9.64. The van der Waals surface area contributed by atoms with Crippen molar-refractivity contribution >= 4 is 18.0 Å². The molecule has 0 spiro atoms. The molecular weight excluding hydrogens is 374 g/mol. The number of likely N-dealkylation sites (N-methyl/N-ethyl adjacent to an activating group) is 1. The summed E-state index contributed by atoms with van der Waals surface area (Å²) in [5.41, 5.74) is 1.69. The molecule has 0 saturated carbocycles. The highest BCUT2D eigenvalue weighted by Crippen LogP contribution is 2.40. The van der Waals surface area contributed by atoms with Gasteiger partial charge >= 0.3 is 5.97 Å². The molecule has 0 aromatic heterocycles. The first kappa shape index (κ1) is 20.3. The normalized spacial score (nSPS) is 12.5. The average Bonchev–Trinajstić information content (AvgIpc) is 2.76. The van der Waals surface area contributed by atoms with Crippen molar-refractivity contribution in [3.8, 4) is 17.2 Å². The van der Waals surface area contributed by atoms with Gasteiger partial charge in [-0.1, -0.05) is 30.3 Å². The first-order valence-electron chi connectivity index (χ1n) is 9.17. The smallest absolute Gasteiger partial charge is 0.331 e. The number of ether oxygens (including phenoxy) is 4. The minimum Gasteiger partial charge on any atom is -0.493 e. The maximum atomic E-state index is 12.1. The fourth-order valence-electron chi connectivity index (χ4n) is 2.79. The maximum Gasteiger partial charge on any atom is 0.331 e. The minimum atomic E-state index is -0.611. The van der Waals surface area contributed by atoms with E-state index in [1.54, 1.807) is 25.3 Å². The van der Waals surface area contributed by atoms with E-state index in [0.29, 0.717) is 42.6 Å². The fraction of sp³-hybridized carbons (Fsp3) is 0.273. The highest BCUT2D eigenvalue weighted by atomic mass is 16.6. The Labute approximate surface area is 169 Å². The molecule has 29 heavy (non-hydrogen) atoms. The Kier molecular flexibility index (Phi) is 6.73. The van der Waals surface area contributed by atoms with Gasteiger partial charge < -0.3 is 23.8 Å². The Morgan fingerprint density at radius 2 is 1.90 bits per heavy atom. The molecule has 1 aliphatic heterocycles. The van der Waals surface area contributed by atoms with Crippen LogP contribution in [-0.2, 0) is 20.9 Å². The predicted octanol–water partition coefficient (Wildman–Crippen LogP) is 2.68. The zero-order valence-corrected chi connectivity index (χ0v) is 16.4. The number of amides is 1. The number of fused-ring (bicyclic) bond motifs is 1. The fourth-order valence-corrected chi connectivity index (χ4v) is 2.79. The van der Waals surface area contributed by atoms with Gasteiger partial charge in [0, 0.05) is 19.7 Å². The van der Waals surface area contributed by atoms with Crippen LogP contribution >= 0.6 is 0 Å². The lowest BCUT2D eigenvalue weighted by Crippen LogP contribution is -2.30. The van der Waals surface area contributed by atoms with Crippen molar-refractivity contribution in [2.75, 3.05) is 34.0 Å². The summed E-state index contributed by atoms with van der Waals surface area (Å²) in [5, 5.41) is 0. The van der Waals surface area contributed by atoms with Crippen molar-refractivity contribution in [1.29, 1.82) is 0 Å². The Hall–Kier alpha value is -3.48. The summed E-state index contributed by atoms with van der Waals surface area (Å²) in [6, 6.07) is 13.1. The van der Waals surface area contributed by atoms with Crippen molar-refractivity contribution in [3.63, 3.8) is 0 Å². The Bertz CT molecular complexity index is 876. The summed E-state index contributed by atoms with van der Waals surface area (Å²) in [5.74, 6) is 0.733. The van der Waals surface area contributed by atoms with Crippen LogP contribution in [0.5, 0.6) is 17.2 Å². The Morgan fingerprint density at radius 1 is 1.14 bits per heavy atom. The molecule has 152 valence electrons. The zero-order valence-electron chi connectivity index (χ0n) is 16.4. The van der Waals surface area contributed by atoms with Crippen LogP contribution < -0.4 is 14.2 Å². The lowest BCUT2D eigenvalue weighted by atomic mass is 10.1. The molecule has 0 N–H and O–H groups in total. The van der Waals surface area contributed by atoms with Gasteiger partial charge in [-0.15, -0.1) is 0 Å². The van der Waals surface area contributed by atoms with E-state index in [4.69, 9.17) is 18.9 Å². The molecule has 0 bridgehead atoms. The van der Waals surface area contributed by atoms with Crippen LogP contribution in [0.4, 0.5) is 0 Å². The van der Waals surface area contributed by atoms with E-state index in [0.717, 1.165) is 5.56 Å². The molecule has 1 heterocycles. The molecule has 2 aromatic carbocycles. The number of hydrogen-bond acceptors (Lipinski definition) is 6. The zero-order chi connectivity index (χ0) is 20.6. The van der Waals surface area contributed by atoms with Gasteiger partial charge in [0.15, 0.2) is 18.1 Å². The van der Waals surface area contributed by atoms with Crippen LogP contribution in [0.3, 0.4) is 0 Å². The number of nitrogens with zero attached hydrogens (tertiary/aromatic N) is 1. The molecule has 0 atom stereocenters. The van der Waals surface area contributed by atoms with Crippen LogP contribution in [0.1, 0.15) is 11.1 Å². The quantitative estimate of drug-likeness (QED) is 0.528. The lowest BCUT2D eigenvalue weighted by Gasteiger charge is -2.20. The number of carbonyl (C=O) groups is 2. The van der Waals surface area contributed by atoms with Gasteiger partial charge in [-0.2, -0.15) is 0 Å². The average molecular weight is 397 g/mol. The molecule has 3 rings (SSSR count). The molecule has 0 saturated heterocycles. The SMILES string of the molecule is COc1cc(/C=C/C(=O)OCC(=O)N(C)Cc2ccccc2)cc2c1OCCO2. The number of carbonyl (C=O) groups excluding carboxylic acids is 2. The number of benzene rings is 2. The van der Waals surface area contributed by atoms with Gasteiger partial charge in [0.25, 0.3) is 5.91 Å². The second-order valence-corrected chi connectivity index (χ2v) is 6.42. The monoisotopic (exact) mass is 397 g/mol. The predicted molar refractivity (Wildman–Crippen MR) is 107 cm³/mol. The van der Waals surface area contributed by atoms with Crippen molar-refractivity contribution in [1.82, 2.24) is 4.90 Å². The van der Waals surface area contributed by atoms with Crippen LogP contribution in [0.2, 0.25) is 0 Å². The van der Waals surface area contributed by atoms with Gasteiger partial charge in [0.05, 0.1) is 7.11 Å². The second-order valence-electron chi connectivity index (χ2n) is 6.42. The third-order valence-electron chi connectivity index (χ3n) is 4.29. The lowest BCUT2D eigenvalue weighted by molar-refractivity contribution is -0.147. The van der Waals surface area contributed by atoms with Crippen LogP contribution in [-0.4, -0.2) is 50.8 Å². The summed E-state index contributed by atoms with van der Waals surface area (Å²) in [7, 11) is 3.20. The molecule has 0 radical (unpaired) electrons. The van der Waals surface area contributed by atoms with E-state index in [1.807, 2.05) is 30.3 Å². The van der Waals surface area contributed by atoms with Gasteiger partial charge in [-0.3, -0.25) is 4.79 Å². The third-order valence-corrected chi connectivity index (χ3v) is 4.29. The van der Waals surface area contributed by atoms with E-state index in [-0.39, 0.29) is 12.5 Å². The highest BCUT2D eigenvalue weighted by Gasteiger charge is 2.18. The van der Waals surface area contributed by atoms with E-state index >= 15 is 0 Å². The first-order chi connectivity index (χ1) is 14.1. The minimum absolute atomic E-state index is 0.281. The van der Waals surface area contributed by atoms with Crippen LogP contribution in [0.15, 0.2) is 48.5 Å². The van der Waals surface area contributed by atoms with Gasteiger partial charge in [0.2, 0.25) is 5.75 Å². The summed E-state index contributed by atoms with van der Waals surface area (Å²) in [6.45, 7) is 1.03. The summed E-state index contributed by atoms with van der Waals surface area (Å²) in [6.07, 6.45) is 2.83. The molecule has 0 unspecified atom stereocenters. The molecule has 7 nitrogen and oxygen atoms in total. The standard InChI is InChI=1S/C22H23NO6/c1-23(14-16-6-4-3-5-7-16)20(24)15-29-21(25)9-8-17-12-18(26-2)22-19(13-17)27-10-11-28-22/h3-9,12-13H,10-11,14-15H2,1-2H3/b9-8+. The molecule has 2 aromatic rings. The molecular formula is C22H23NO6. The number of methoxy groups -OCH3 is 1. The van der Waals surface area contributed by atoms with Crippen molar-refractivity contribution < 1.29 is 28.5 Å². The van der Waals surface area contributed by atoms with E-state index in [2.05, 4.69) is 0 Å². The van der Waals surface area contributed by atoms with Crippen LogP contribution in [0, 0.1) is 0 Å². The number of hydrogen-bond donors (Lipinski definition) is 0. The van der Waals surface area contributed by atoms with E-state index in [1.165, 1.54) is 18.1 Å². The van der Waals surface area contributed by atoms with Crippen molar-refractivity contribution in [2.45, 2.75) is 6.54 Å². The third kappa shape index (κ3) is 5.51. The van der Waals surface area contributed by atoms with Crippen molar-refractivity contribution in [2.24, 2.45) is 0 Å². The number of rotatable bonds is 7. The van der Waals surface area contributed by atoms with E-state index < -0.39 is 5.97 Å². The van der Waals surface area contributed by atoms with Gasteiger partial charge in [-0.25, -0.2) is 4.79 Å². The highest BCUT2D eigenvalue weighted by molar-refractivity contribution is 5.89. The van der Waals surface area contributed by atoms with Crippen LogP contribution in [0.25, 0.3) is 6.08 Å². The van der Waals surface area contributed by atoms with E-state index in [9.17, 15) is 9.59 Å². The molecule has 1 amide bonds. The maximum absolute atomic E-state index is 12.1. The Morgan fingerprint density at radius 3 is 2.66 bits per heavy atom. The topological polar surface area (TPSA) is 74.3 Å². The summed E-state index contributed by atoms with van der Waals surface area (Å²) < 4.78 is 21.5. The molecule has 0 fully saturated rings. The summed E-state index contributed by atoms with van der Waals surface area (Å²) in [4.78, 5) is 25.6. The van der Waals surface area contributed by atoms with Crippen molar-refractivity contribution in [3.05, 3.63) is 59.7 Å². The molecule has 1 aliphatic rings. The van der Waals surface area contributed by atoms with Gasteiger partial charge in [0.1, 0.15) is 13.2 Å². The molecule has 0 aliphatic carbocycles. The Balaban J connectivity index is 1.54.